The fourth-order valence-electron chi connectivity index (χ4n) is 2.98. The average molecular weight is 167 g/mol. The molecule has 0 unspecified atom stereocenters. The van der Waals surface area contributed by atoms with Crippen molar-refractivity contribution in [1.82, 2.24) is 5.32 Å². The van der Waals surface area contributed by atoms with E-state index in [0.29, 0.717) is 0 Å². The van der Waals surface area contributed by atoms with E-state index in [2.05, 4.69) is 12.2 Å². The van der Waals surface area contributed by atoms with Gasteiger partial charge in [-0.2, -0.15) is 0 Å². The SMILES string of the molecule is CCCC1(C2CC2)CCNCC1. The average Bonchev–Trinajstić information content (AvgIpc) is 2.89. The predicted octanol–water partition coefficient (Wildman–Crippen LogP) is 2.57. The molecule has 0 radical (unpaired) electrons. The van der Waals surface area contributed by atoms with Crippen molar-refractivity contribution in [2.75, 3.05) is 13.1 Å². The maximum absolute atomic E-state index is 3.48. The summed E-state index contributed by atoms with van der Waals surface area (Å²) in [5.41, 5.74) is 0.778. The summed E-state index contributed by atoms with van der Waals surface area (Å²) in [4.78, 5) is 0. The Balaban J connectivity index is 1.98. The maximum Gasteiger partial charge on any atom is -0.00435 e. The van der Waals surface area contributed by atoms with Crippen LogP contribution in [-0.2, 0) is 0 Å². The second kappa shape index (κ2) is 3.37. The summed E-state index contributed by atoms with van der Waals surface area (Å²) in [6.07, 6.45) is 8.83. The van der Waals surface area contributed by atoms with Gasteiger partial charge in [-0.1, -0.05) is 13.3 Å². The van der Waals surface area contributed by atoms with Gasteiger partial charge in [0.15, 0.2) is 0 Å². The molecule has 0 aromatic rings. The lowest BCUT2D eigenvalue weighted by Gasteiger charge is -2.38. The van der Waals surface area contributed by atoms with Crippen molar-refractivity contribution in [3.05, 3.63) is 0 Å². The molecule has 0 aromatic carbocycles. The Morgan fingerprint density at radius 3 is 2.42 bits per heavy atom. The van der Waals surface area contributed by atoms with E-state index in [-0.39, 0.29) is 0 Å². The molecule has 1 heteroatoms. The number of hydrogen-bond donors (Lipinski definition) is 1. The van der Waals surface area contributed by atoms with Crippen LogP contribution in [0.3, 0.4) is 0 Å². The van der Waals surface area contributed by atoms with Gasteiger partial charge in [0.1, 0.15) is 0 Å². The minimum absolute atomic E-state index is 0.778. The summed E-state index contributed by atoms with van der Waals surface area (Å²) in [6.45, 7) is 4.89. The number of piperidine rings is 1. The normalized spacial score (nSPS) is 28.8. The van der Waals surface area contributed by atoms with Gasteiger partial charge >= 0.3 is 0 Å². The van der Waals surface area contributed by atoms with Crippen LogP contribution in [0.15, 0.2) is 0 Å². The molecule has 70 valence electrons. The van der Waals surface area contributed by atoms with E-state index in [0.717, 1.165) is 11.3 Å². The fourth-order valence-corrected chi connectivity index (χ4v) is 2.98. The monoisotopic (exact) mass is 167 g/mol. The second-order valence-corrected chi connectivity index (χ2v) is 4.64. The highest BCUT2D eigenvalue weighted by Gasteiger charge is 2.44. The zero-order valence-corrected chi connectivity index (χ0v) is 8.23. The van der Waals surface area contributed by atoms with Gasteiger partial charge in [0, 0.05) is 0 Å². The Morgan fingerprint density at radius 1 is 1.25 bits per heavy atom. The van der Waals surface area contributed by atoms with Gasteiger partial charge in [0.2, 0.25) is 0 Å². The summed E-state index contributed by atoms with van der Waals surface area (Å²) in [6, 6.07) is 0. The molecule has 1 saturated carbocycles. The molecule has 1 N–H and O–H groups in total. The molecule has 0 spiro atoms. The quantitative estimate of drug-likeness (QED) is 0.681. The molecule has 1 nitrogen and oxygen atoms in total. The maximum atomic E-state index is 3.48. The highest BCUT2D eigenvalue weighted by molar-refractivity contribution is 4.96. The van der Waals surface area contributed by atoms with Crippen molar-refractivity contribution < 1.29 is 0 Å². The van der Waals surface area contributed by atoms with Crippen LogP contribution < -0.4 is 5.32 Å². The molecule has 0 bridgehead atoms. The Bertz CT molecular complexity index is 138. The van der Waals surface area contributed by atoms with E-state index in [1.165, 1.54) is 51.6 Å². The summed E-state index contributed by atoms with van der Waals surface area (Å²) in [7, 11) is 0. The molecular weight excluding hydrogens is 146 g/mol. The third-order valence-electron chi connectivity index (χ3n) is 3.79. The molecular formula is C11H21N. The first kappa shape index (κ1) is 8.55. The first-order valence-electron chi connectivity index (χ1n) is 5.58. The highest BCUT2D eigenvalue weighted by Crippen LogP contribution is 2.53. The molecule has 0 amide bonds. The molecule has 1 saturated heterocycles. The third-order valence-corrected chi connectivity index (χ3v) is 3.79. The van der Waals surface area contributed by atoms with E-state index in [1.807, 2.05) is 0 Å². The summed E-state index contributed by atoms with van der Waals surface area (Å²) in [5, 5.41) is 3.48. The second-order valence-electron chi connectivity index (χ2n) is 4.64. The van der Waals surface area contributed by atoms with Crippen molar-refractivity contribution in [2.24, 2.45) is 11.3 Å². The van der Waals surface area contributed by atoms with Crippen molar-refractivity contribution in [3.63, 3.8) is 0 Å². The lowest BCUT2D eigenvalue weighted by atomic mass is 9.71. The fraction of sp³-hybridized carbons (Fsp3) is 1.00. The van der Waals surface area contributed by atoms with Crippen molar-refractivity contribution in [1.29, 1.82) is 0 Å². The van der Waals surface area contributed by atoms with Crippen LogP contribution in [0.1, 0.15) is 45.4 Å². The van der Waals surface area contributed by atoms with Crippen LogP contribution in [0.4, 0.5) is 0 Å². The van der Waals surface area contributed by atoms with Gasteiger partial charge in [-0.3, -0.25) is 0 Å². The minimum Gasteiger partial charge on any atom is -0.317 e. The molecule has 2 rings (SSSR count). The third kappa shape index (κ3) is 1.52. The number of hydrogen-bond acceptors (Lipinski definition) is 1. The largest absolute Gasteiger partial charge is 0.317 e. The summed E-state index contributed by atoms with van der Waals surface area (Å²) < 4.78 is 0. The molecule has 2 aliphatic rings. The van der Waals surface area contributed by atoms with Gasteiger partial charge < -0.3 is 5.32 Å². The standard InChI is InChI=1S/C11H21N/c1-2-5-11(10-3-4-10)6-8-12-9-7-11/h10,12H,2-9H2,1H3. The zero-order chi connectivity index (χ0) is 8.44. The van der Waals surface area contributed by atoms with Crippen LogP contribution in [-0.4, -0.2) is 13.1 Å². The first-order valence-corrected chi connectivity index (χ1v) is 5.58. The molecule has 1 aliphatic carbocycles. The van der Waals surface area contributed by atoms with Gasteiger partial charge in [-0.15, -0.1) is 0 Å². The van der Waals surface area contributed by atoms with Crippen LogP contribution in [0.2, 0.25) is 0 Å². The van der Waals surface area contributed by atoms with Gasteiger partial charge in [0.25, 0.3) is 0 Å². The van der Waals surface area contributed by atoms with E-state index >= 15 is 0 Å². The minimum atomic E-state index is 0.778. The number of nitrogens with one attached hydrogen (secondary N) is 1. The Hall–Kier alpha value is -0.0400. The zero-order valence-electron chi connectivity index (χ0n) is 8.23. The van der Waals surface area contributed by atoms with Gasteiger partial charge in [-0.05, 0) is 56.5 Å². The summed E-state index contributed by atoms with van der Waals surface area (Å²) in [5.74, 6) is 1.11. The van der Waals surface area contributed by atoms with Crippen LogP contribution in [0.5, 0.6) is 0 Å². The Labute approximate surface area is 75.9 Å². The van der Waals surface area contributed by atoms with Gasteiger partial charge in [-0.25, -0.2) is 0 Å². The predicted molar refractivity (Wildman–Crippen MR) is 52.2 cm³/mol. The topological polar surface area (TPSA) is 12.0 Å². The molecule has 0 aromatic heterocycles. The summed E-state index contributed by atoms with van der Waals surface area (Å²) >= 11 is 0. The Kier molecular flexibility index (Phi) is 2.40. The van der Waals surface area contributed by atoms with E-state index in [4.69, 9.17) is 0 Å². The van der Waals surface area contributed by atoms with Crippen LogP contribution in [0.25, 0.3) is 0 Å². The van der Waals surface area contributed by atoms with Crippen molar-refractivity contribution >= 4 is 0 Å². The van der Waals surface area contributed by atoms with Crippen molar-refractivity contribution in [3.8, 4) is 0 Å². The van der Waals surface area contributed by atoms with Crippen LogP contribution >= 0.6 is 0 Å². The van der Waals surface area contributed by atoms with Crippen LogP contribution in [0, 0.1) is 11.3 Å². The molecule has 2 fully saturated rings. The van der Waals surface area contributed by atoms with Crippen molar-refractivity contribution in [2.45, 2.75) is 45.4 Å². The Morgan fingerprint density at radius 2 is 1.92 bits per heavy atom. The smallest absolute Gasteiger partial charge is 0.00435 e. The van der Waals surface area contributed by atoms with E-state index in [9.17, 15) is 0 Å². The molecule has 1 heterocycles. The van der Waals surface area contributed by atoms with E-state index in [1.54, 1.807) is 0 Å². The van der Waals surface area contributed by atoms with Gasteiger partial charge in [0.05, 0.1) is 0 Å². The molecule has 12 heavy (non-hydrogen) atoms. The van der Waals surface area contributed by atoms with E-state index < -0.39 is 0 Å². The molecule has 0 atom stereocenters. The number of rotatable bonds is 3. The molecule has 1 aliphatic heterocycles. The first-order chi connectivity index (χ1) is 5.87. The highest BCUT2D eigenvalue weighted by atomic mass is 14.9. The lowest BCUT2D eigenvalue weighted by Crippen LogP contribution is -2.38. The lowest BCUT2D eigenvalue weighted by molar-refractivity contribution is 0.148.